The Kier molecular flexibility index (Phi) is 6.58. The molecule has 3 amide bonds. The van der Waals surface area contributed by atoms with E-state index in [1.165, 1.54) is 0 Å². The summed E-state index contributed by atoms with van der Waals surface area (Å²) in [4.78, 5) is 42.6. The highest BCUT2D eigenvalue weighted by atomic mass is 16.2. The molecule has 1 saturated heterocycles. The van der Waals surface area contributed by atoms with Gasteiger partial charge in [0, 0.05) is 38.8 Å². The molecule has 4 rings (SSSR count). The van der Waals surface area contributed by atoms with Gasteiger partial charge in [-0.2, -0.15) is 5.10 Å². The summed E-state index contributed by atoms with van der Waals surface area (Å²) < 4.78 is 1.62. The molecule has 1 fully saturated rings. The van der Waals surface area contributed by atoms with Crippen LogP contribution in [0, 0.1) is 5.92 Å². The monoisotopic (exact) mass is 437 g/mol. The lowest BCUT2D eigenvalue weighted by atomic mass is 10.0. The summed E-state index contributed by atoms with van der Waals surface area (Å²) >= 11 is 0. The largest absolute Gasteiger partial charge is 0.341 e. The Bertz CT molecular complexity index is 979. The zero-order chi connectivity index (χ0) is 22.7. The van der Waals surface area contributed by atoms with Gasteiger partial charge in [0.25, 0.3) is 11.8 Å². The fourth-order valence-electron chi connectivity index (χ4n) is 4.36. The second-order valence-electron chi connectivity index (χ2n) is 8.93. The van der Waals surface area contributed by atoms with E-state index in [1.54, 1.807) is 15.6 Å². The summed E-state index contributed by atoms with van der Waals surface area (Å²) in [5.74, 6) is -0.641. The molecule has 0 unspecified atom stereocenters. The molecule has 1 aromatic carbocycles. The number of aryl methyl sites for hydroxylation is 1. The third kappa shape index (κ3) is 4.69. The van der Waals surface area contributed by atoms with Crippen molar-refractivity contribution in [2.45, 2.75) is 52.2 Å². The van der Waals surface area contributed by atoms with E-state index in [2.05, 4.69) is 10.4 Å². The number of nitrogens with one attached hydrogen (secondary N) is 1. The molecule has 170 valence electrons. The molecule has 0 saturated carbocycles. The zero-order valence-electron chi connectivity index (χ0n) is 18.8. The summed E-state index contributed by atoms with van der Waals surface area (Å²) in [6.45, 7) is 7.05. The molecule has 32 heavy (non-hydrogen) atoms. The van der Waals surface area contributed by atoms with E-state index < -0.39 is 11.9 Å². The van der Waals surface area contributed by atoms with Gasteiger partial charge in [-0.05, 0) is 30.7 Å². The van der Waals surface area contributed by atoms with E-state index in [4.69, 9.17) is 0 Å². The number of benzene rings is 1. The van der Waals surface area contributed by atoms with Crippen molar-refractivity contribution in [2.24, 2.45) is 5.92 Å². The van der Waals surface area contributed by atoms with Crippen LogP contribution in [0.1, 0.15) is 59.7 Å². The van der Waals surface area contributed by atoms with E-state index >= 15 is 0 Å². The minimum atomic E-state index is -0.604. The van der Waals surface area contributed by atoms with Gasteiger partial charge in [-0.3, -0.25) is 19.1 Å². The van der Waals surface area contributed by atoms with Crippen molar-refractivity contribution in [3.05, 3.63) is 53.3 Å². The predicted octanol–water partition coefficient (Wildman–Crippen LogP) is 2.31. The van der Waals surface area contributed by atoms with Gasteiger partial charge in [-0.15, -0.1) is 0 Å². The highest BCUT2D eigenvalue weighted by Crippen LogP contribution is 2.18. The molecule has 0 spiro atoms. The first kappa shape index (κ1) is 22.0. The van der Waals surface area contributed by atoms with E-state index in [0.29, 0.717) is 25.3 Å². The number of likely N-dealkylation sites (tertiary alicyclic amines) is 1. The number of carbonyl (C=O) groups is 3. The van der Waals surface area contributed by atoms with Crippen LogP contribution in [0.15, 0.2) is 36.4 Å². The number of fused-ring (bicyclic) bond motifs is 1. The lowest BCUT2D eigenvalue weighted by Gasteiger charge is -2.26. The van der Waals surface area contributed by atoms with Crippen LogP contribution < -0.4 is 5.32 Å². The molecule has 8 heteroatoms. The molecule has 1 N–H and O–H groups in total. The van der Waals surface area contributed by atoms with Gasteiger partial charge in [-0.25, -0.2) is 0 Å². The predicted molar refractivity (Wildman–Crippen MR) is 120 cm³/mol. The molecule has 2 aromatic rings. The van der Waals surface area contributed by atoms with E-state index in [9.17, 15) is 14.4 Å². The molecule has 8 nitrogen and oxygen atoms in total. The second kappa shape index (κ2) is 9.54. The average Bonchev–Trinajstić information content (AvgIpc) is 3.44. The summed E-state index contributed by atoms with van der Waals surface area (Å²) in [7, 11) is 0. The number of hydrogen-bond acceptors (Lipinski definition) is 4. The Morgan fingerprint density at radius 3 is 2.44 bits per heavy atom. The minimum absolute atomic E-state index is 0.0447. The van der Waals surface area contributed by atoms with Crippen LogP contribution in [0.2, 0.25) is 0 Å². The molecule has 3 heterocycles. The van der Waals surface area contributed by atoms with Crippen molar-refractivity contribution in [1.82, 2.24) is 24.9 Å². The third-order valence-corrected chi connectivity index (χ3v) is 6.17. The van der Waals surface area contributed by atoms with Crippen LogP contribution in [-0.2, 0) is 17.9 Å². The maximum Gasteiger partial charge on any atom is 0.272 e. The molecule has 0 bridgehead atoms. The van der Waals surface area contributed by atoms with Gasteiger partial charge in [0.2, 0.25) is 5.91 Å². The molecule has 1 aromatic heterocycles. The van der Waals surface area contributed by atoms with Crippen molar-refractivity contribution < 1.29 is 14.4 Å². The van der Waals surface area contributed by atoms with Gasteiger partial charge < -0.3 is 15.1 Å². The van der Waals surface area contributed by atoms with Gasteiger partial charge in [-0.1, -0.05) is 44.2 Å². The Labute approximate surface area is 188 Å². The lowest BCUT2D eigenvalue weighted by Crippen LogP contribution is -2.50. The zero-order valence-corrected chi connectivity index (χ0v) is 18.8. The van der Waals surface area contributed by atoms with Crippen molar-refractivity contribution >= 4 is 17.7 Å². The quantitative estimate of drug-likeness (QED) is 0.751. The van der Waals surface area contributed by atoms with Crippen molar-refractivity contribution in [3.63, 3.8) is 0 Å². The van der Waals surface area contributed by atoms with Crippen LogP contribution in [-0.4, -0.2) is 63.0 Å². The van der Waals surface area contributed by atoms with E-state index in [1.807, 2.05) is 49.1 Å². The van der Waals surface area contributed by atoms with Crippen LogP contribution in [0.4, 0.5) is 0 Å². The van der Waals surface area contributed by atoms with E-state index in [-0.39, 0.29) is 23.4 Å². The maximum absolute atomic E-state index is 13.2. The van der Waals surface area contributed by atoms with Crippen molar-refractivity contribution in [3.8, 4) is 0 Å². The fourth-order valence-corrected chi connectivity index (χ4v) is 4.36. The number of amides is 3. The molecule has 0 aliphatic carbocycles. The lowest BCUT2D eigenvalue weighted by molar-refractivity contribution is -0.133. The normalized spacial score (nSPS) is 17.3. The Morgan fingerprint density at radius 2 is 1.75 bits per heavy atom. The first-order chi connectivity index (χ1) is 15.4. The van der Waals surface area contributed by atoms with Crippen LogP contribution in [0.5, 0.6) is 0 Å². The highest BCUT2D eigenvalue weighted by molar-refractivity contribution is 5.99. The number of aromatic nitrogens is 2. The number of hydrogen-bond donors (Lipinski definition) is 1. The summed E-state index contributed by atoms with van der Waals surface area (Å²) in [6.07, 6.45) is 2.76. The van der Waals surface area contributed by atoms with Crippen LogP contribution >= 0.6 is 0 Å². The summed E-state index contributed by atoms with van der Waals surface area (Å²) in [5.41, 5.74) is 1.65. The highest BCUT2D eigenvalue weighted by Gasteiger charge is 2.32. The van der Waals surface area contributed by atoms with Crippen LogP contribution in [0.3, 0.4) is 0 Å². The SMILES string of the molecule is CC(C)[C@H](NC(=O)c1cc2n(n1)CCCN(Cc1ccccc1)C2=O)C(=O)N1CCCC1. The molecule has 0 radical (unpaired) electrons. The smallest absolute Gasteiger partial charge is 0.272 e. The van der Waals surface area contributed by atoms with Gasteiger partial charge >= 0.3 is 0 Å². The second-order valence-corrected chi connectivity index (χ2v) is 8.93. The van der Waals surface area contributed by atoms with Gasteiger partial charge in [0.05, 0.1) is 0 Å². The maximum atomic E-state index is 13.2. The Balaban J connectivity index is 1.49. The Hall–Kier alpha value is -3.16. The van der Waals surface area contributed by atoms with Gasteiger partial charge in [0.15, 0.2) is 5.69 Å². The number of carbonyl (C=O) groups excluding carboxylic acids is 3. The first-order valence-corrected chi connectivity index (χ1v) is 11.4. The van der Waals surface area contributed by atoms with Gasteiger partial charge in [0.1, 0.15) is 11.7 Å². The average molecular weight is 438 g/mol. The first-order valence-electron chi connectivity index (χ1n) is 11.4. The fraction of sp³-hybridized carbons (Fsp3) is 0.500. The molecule has 2 aliphatic rings. The van der Waals surface area contributed by atoms with Crippen LogP contribution in [0.25, 0.3) is 0 Å². The topological polar surface area (TPSA) is 87.5 Å². The van der Waals surface area contributed by atoms with Crippen molar-refractivity contribution in [1.29, 1.82) is 0 Å². The van der Waals surface area contributed by atoms with E-state index in [0.717, 1.165) is 37.9 Å². The summed E-state index contributed by atoms with van der Waals surface area (Å²) in [6, 6.07) is 10.8. The number of rotatable bonds is 6. The third-order valence-electron chi connectivity index (χ3n) is 6.17. The van der Waals surface area contributed by atoms with Crippen molar-refractivity contribution in [2.75, 3.05) is 19.6 Å². The molecule has 1 atom stereocenters. The molecular weight excluding hydrogens is 406 g/mol. The minimum Gasteiger partial charge on any atom is -0.341 e. The summed E-state index contributed by atoms with van der Waals surface area (Å²) in [5, 5.41) is 7.27. The Morgan fingerprint density at radius 1 is 1.03 bits per heavy atom. The number of nitrogens with zero attached hydrogens (tertiary/aromatic N) is 4. The molecular formula is C24H31N5O3. The standard InChI is InChI=1S/C24H31N5O3/c1-17(2)21(24(32)27-11-6-7-12-27)25-22(30)19-15-20-23(31)28(13-8-14-29(20)26-19)16-18-9-4-3-5-10-18/h3-5,9-10,15,17,21H,6-8,11-14,16H2,1-2H3,(H,25,30)/t21-/m0/s1. The molecule has 2 aliphatic heterocycles.